The Hall–Kier alpha value is 1.23. The molecule has 0 amide bonds. The fourth-order valence-corrected chi connectivity index (χ4v) is 9.06. The van der Waals surface area contributed by atoms with Crippen LogP contribution in [-0.4, -0.2) is 15.5 Å². The van der Waals surface area contributed by atoms with Crippen molar-refractivity contribution >= 4 is 16.4 Å². The van der Waals surface area contributed by atoms with Crippen LogP contribution in [0.25, 0.3) is 0 Å². The van der Waals surface area contributed by atoms with Crippen LogP contribution in [0.4, 0.5) is 0 Å². The Balaban J connectivity index is 0. The van der Waals surface area contributed by atoms with Gasteiger partial charge < -0.3 is 5.16 Å². The van der Waals surface area contributed by atoms with Crippen molar-refractivity contribution in [2.45, 2.75) is 77.8 Å². The molecule has 0 aromatic rings. The van der Waals surface area contributed by atoms with E-state index in [-0.39, 0.29) is 15.5 Å². The molecule has 16 heavy (non-hydrogen) atoms. The Bertz CT molecular complexity index is 213. The van der Waals surface area contributed by atoms with Crippen LogP contribution in [0.5, 0.6) is 0 Å². The molecule has 4 heteroatoms. The van der Waals surface area contributed by atoms with Gasteiger partial charge in [-0.15, -0.1) is 0 Å². The molecule has 0 heterocycles. The van der Waals surface area contributed by atoms with Crippen molar-refractivity contribution in [1.29, 1.82) is 5.16 Å². The van der Waals surface area contributed by atoms with Gasteiger partial charge in [0.2, 0.25) is 0 Å². The minimum atomic E-state index is -1.77. The quantitative estimate of drug-likeness (QED) is 0.428. The van der Waals surface area contributed by atoms with Gasteiger partial charge in [0.05, 0.1) is 0 Å². The maximum absolute atomic E-state index is 8.99. The van der Waals surface area contributed by atoms with Gasteiger partial charge in [-0.1, -0.05) is 62.3 Å². The van der Waals surface area contributed by atoms with Crippen molar-refractivity contribution in [2.75, 3.05) is 0 Å². The molecule has 0 aromatic heterocycles. The minimum absolute atomic E-state index is 0.101. The van der Waals surface area contributed by atoms with Crippen LogP contribution in [0, 0.1) is 5.16 Å². The predicted octanol–water partition coefficient (Wildman–Crippen LogP) is 5.85. The average Bonchev–Trinajstić information content (AvgIpc) is 2.00. The molecule has 0 aromatic carbocycles. The van der Waals surface area contributed by atoms with Gasteiger partial charge in [-0.3, -0.25) is 0 Å². The molecule has 0 atom stereocenters. The predicted molar refractivity (Wildman–Crippen MR) is 74.8 cm³/mol. The maximum atomic E-state index is 8.99. The number of rotatable bonds is 0. The monoisotopic (exact) mass is 300 g/mol. The number of halogens is 1. The van der Waals surface area contributed by atoms with E-state index in [4.69, 9.17) is 5.16 Å². The summed E-state index contributed by atoms with van der Waals surface area (Å²) in [6.45, 7) is 20.0. The normalized spacial score (nSPS) is 14.1. The summed E-state index contributed by atoms with van der Waals surface area (Å²) in [5.74, 6) is 0. The van der Waals surface area contributed by atoms with Crippen LogP contribution in [0.3, 0.4) is 0 Å². The summed E-state index contributed by atoms with van der Waals surface area (Å²) in [5.41, 5.74) is 0. The van der Waals surface area contributed by atoms with Gasteiger partial charge >= 0.3 is 28.7 Å². The van der Waals surface area contributed by atoms with Crippen molar-refractivity contribution in [1.82, 2.24) is 0 Å². The van der Waals surface area contributed by atoms with E-state index >= 15 is 0 Å². The summed E-state index contributed by atoms with van der Waals surface area (Å²) in [6.07, 6.45) is 0. The zero-order chi connectivity index (χ0) is 14.0. The van der Waals surface area contributed by atoms with E-state index < -0.39 is 7.05 Å². The summed E-state index contributed by atoms with van der Waals surface area (Å²) < 4.78 is 0. The van der Waals surface area contributed by atoms with Gasteiger partial charge in [-0.05, 0) is 22.5 Å². The van der Waals surface area contributed by atoms with Crippen molar-refractivity contribution in [2.24, 2.45) is 0 Å². The molecule has 1 N–H and O–H groups in total. The first-order valence-corrected chi connectivity index (χ1v) is 9.52. The van der Waals surface area contributed by atoms with Gasteiger partial charge in [0.15, 0.2) is 0 Å². The van der Waals surface area contributed by atoms with Crippen molar-refractivity contribution in [3.63, 3.8) is 0 Å². The standard InChI is InChI=1S/C12H28NP.ClH.Ti/c1-10(2,3)14(13,11(4,5)6)12(7,8)9;;/h13H,1-9H3;1H;/q;;+1/p-1. The third-order valence-corrected chi connectivity index (χ3v) is 9.06. The molecule has 0 fully saturated rings. The van der Waals surface area contributed by atoms with E-state index in [0.29, 0.717) is 0 Å². The molecule has 97 valence electrons. The number of nitrogens with one attached hydrogen (secondary N) is 1. The first kappa shape index (κ1) is 19.6. The zero-order valence-electron chi connectivity index (χ0n) is 12.3. The number of hydrogen-bond donors (Lipinski definition) is 1. The topological polar surface area (TPSA) is 23.9 Å². The Morgan fingerprint density at radius 2 is 0.812 bits per heavy atom. The van der Waals surface area contributed by atoms with Crippen LogP contribution in [0.15, 0.2) is 0 Å². The summed E-state index contributed by atoms with van der Waals surface area (Å²) in [5, 5.41) is 9.29. The van der Waals surface area contributed by atoms with Gasteiger partial charge in [-0.2, -0.15) is 0 Å². The molecule has 0 aliphatic heterocycles. The molecule has 0 aliphatic rings. The van der Waals surface area contributed by atoms with Gasteiger partial charge in [0, 0.05) is 0 Å². The molecule has 0 bridgehead atoms. The number of hydrogen-bond acceptors (Lipinski definition) is 1. The molecule has 1 nitrogen and oxygen atoms in total. The Morgan fingerprint density at radius 3 is 0.812 bits per heavy atom. The second-order valence-electron chi connectivity index (χ2n) is 7.18. The van der Waals surface area contributed by atoms with E-state index in [1.165, 1.54) is 19.4 Å². The SMILES string of the molecule is CC(C)(C)P(=N)(C(C)(C)C)C(C)(C)C.[Cl][Ti]. The van der Waals surface area contributed by atoms with Gasteiger partial charge in [0.1, 0.15) is 0 Å². The first-order valence-electron chi connectivity index (χ1n) is 5.58. The molecule has 0 radical (unpaired) electrons. The molecule has 0 spiro atoms. The third-order valence-electron chi connectivity index (χ3n) is 3.02. The van der Waals surface area contributed by atoms with Gasteiger partial charge in [0.25, 0.3) is 0 Å². The van der Waals surface area contributed by atoms with Gasteiger partial charge in [-0.25, -0.2) is 0 Å². The van der Waals surface area contributed by atoms with E-state index in [2.05, 4.69) is 71.6 Å². The molecular formula is C12H28ClNPTi. The molecular weight excluding hydrogens is 272 g/mol. The Morgan fingerprint density at radius 1 is 0.688 bits per heavy atom. The van der Waals surface area contributed by atoms with E-state index in [9.17, 15) is 0 Å². The van der Waals surface area contributed by atoms with Crippen molar-refractivity contribution in [3.8, 4) is 0 Å². The summed E-state index contributed by atoms with van der Waals surface area (Å²) in [7, 11) is 2.87. The van der Waals surface area contributed by atoms with Crippen LogP contribution in [-0.2, 0) is 19.4 Å². The molecule has 0 unspecified atom stereocenters. The summed E-state index contributed by atoms with van der Waals surface area (Å²) >= 11 is 1.47. The second kappa shape index (κ2) is 5.92. The summed E-state index contributed by atoms with van der Waals surface area (Å²) in [6, 6.07) is 0. The van der Waals surface area contributed by atoms with Crippen LogP contribution < -0.4 is 0 Å². The van der Waals surface area contributed by atoms with E-state index in [1.807, 2.05) is 0 Å². The zero-order valence-corrected chi connectivity index (χ0v) is 15.5. The first-order chi connectivity index (χ1) is 6.75. The molecule has 0 rings (SSSR count). The van der Waals surface area contributed by atoms with Crippen LogP contribution >= 0.6 is 16.4 Å². The summed E-state index contributed by atoms with van der Waals surface area (Å²) in [4.78, 5) is 0. The van der Waals surface area contributed by atoms with Crippen molar-refractivity contribution < 1.29 is 19.4 Å². The van der Waals surface area contributed by atoms with Crippen LogP contribution in [0.2, 0.25) is 0 Å². The molecule has 0 saturated carbocycles. The fourth-order valence-electron chi connectivity index (χ4n) is 3.02. The average molecular weight is 301 g/mol. The van der Waals surface area contributed by atoms with Crippen molar-refractivity contribution in [3.05, 3.63) is 0 Å². The fraction of sp³-hybridized carbons (Fsp3) is 1.00. The Labute approximate surface area is 118 Å². The van der Waals surface area contributed by atoms with E-state index in [1.54, 1.807) is 0 Å². The van der Waals surface area contributed by atoms with E-state index in [0.717, 1.165) is 0 Å². The molecule has 0 saturated heterocycles. The molecule has 0 aliphatic carbocycles. The Kier molecular flexibility index (Phi) is 7.24. The second-order valence-corrected chi connectivity index (χ2v) is 12.5. The van der Waals surface area contributed by atoms with Crippen LogP contribution in [0.1, 0.15) is 62.3 Å². The third kappa shape index (κ3) is 3.87.